The summed E-state index contributed by atoms with van der Waals surface area (Å²) in [7, 11) is 1.47. The minimum Gasteiger partial charge on any atom is -0.459 e. The van der Waals surface area contributed by atoms with Crippen LogP contribution in [0.5, 0.6) is 0 Å². The molecule has 47 heavy (non-hydrogen) atoms. The van der Waals surface area contributed by atoms with Crippen molar-refractivity contribution in [1.29, 1.82) is 0 Å². The van der Waals surface area contributed by atoms with Crippen LogP contribution in [-0.2, 0) is 44.5 Å². The molecule has 0 unspecified atom stereocenters. The van der Waals surface area contributed by atoms with Gasteiger partial charge in [0.25, 0.3) is 0 Å². The molecule has 1 saturated heterocycles. The van der Waals surface area contributed by atoms with Crippen LogP contribution in [0.3, 0.4) is 0 Å². The molecule has 2 aliphatic heterocycles. The molecular formula is C37H45NO9. The second-order valence-corrected chi connectivity index (χ2v) is 13.6. The molecule has 5 aliphatic rings. The Hall–Kier alpha value is -3.60. The van der Waals surface area contributed by atoms with Crippen molar-refractivity contribution in [2.75, 3.05) is 7.11 Å². The first-order valence-corrected chi connectivity index (χ1v) is 16.7. The van der Waals surface area contributed by atoms with Gasteiger partial charge in [-0.15, -0.1) is 0 Å². The fourth-order valence-electron chi connectivity index (χ4n) is 8.41. The minimum atomic E-state index is -0.981. The third-order valence-corrected chi connectivity index (χ3v) is 10.8. The van der Waals surface area contributed by atoms with Gasteiger partial charge in [-0.2, -0.15) is 0 Å². The van der Waals surface area contributed by atoms with Crippen molar-refractivity contribution in [1.82, 2.24) is 4.98 Å². The van der Waals surface area contributed by atoms with E-state index in [9.17, 15) is 19.5 Å². The number of aliphatic hydroxyl groups is 1. The Balaban J connectivity index is 1.28. The van der Waals surface area contributed by atoms with E-state index in [-0.39, 0.29) is 42.4 Å². The van der Waals surface area contributed by atoms with Crippen LogP contribution in [0.15, 0.2) is 72.1 Å². The van der Waals surface area contributed by atoms with Gasteiger partial charge in [-0.1, -0.05) is 50.3 Å². The maximum Gasteiger partial charge on any atom is 0.335 e. The van der Waals surface area contributed by atoms with Crippen LogP contribution in [-0.4, -0.2) is 77.3 Å². The Morgan fingerprint density at radius 1 is 1.19 bits per heavy atom. The van der Waals surface area contributed by atoms with E-state index in [2.05, 4.69) is 11.1 Å². The number of aliphatic hydroxyl groups excluding tert-OH is 1. The quantitative estimate of drug-likeness (QED) is 0.249. The first-order valence-electron chi connectivity index (χ1n) is 16.7. The van der Waals surface area contributed by atoms with E-state index in [0.717, 1.165) is 11.1 Å². The second-order valence-electron chi connectivity index (χ2n) is 13.6. The summed E-state index contributed by atoms with van der Waals surface area (Å²) in [4.78, 5) is 43.6. The fraction of sp³-hybridized carbons (Fsp3) is 0.568. The number of aromatic nitrogens is 1. The smallest absolute Gasteiger partial charge is 0.335 e. The third kappa shape index (κ3) is 6.11. The van der Waals surface area contributed by atoms with Crippen LogP contribution in [0, 0.1) is 29.6 Å². The molecule has 6 rings (SSSR count). The number of nitrogens with zero attached hydrogens (tertiary/aromatic N) is 1. The molecule has 10 heteroatoms. The normalized spacial score (nSPS) is 39.1. The summed E-state index contributed by atoms with van der Waals surface area (Å²) >= 11 is 0. The number of pyridine rings is 1. The minimum absolute atomic E-state index is 0.171. The number of methoxy groups -OCH3 is 1. The van der Waals surface area contributed by atoms with Crippen molar-refractivity contribution in [3.63, 3.8) is 0 Å². The van der Waals surface area contributed by atoms with Gasteiger partial charge < -0.3 is 28.8 Å². The number of hydrogen-bond donors (Lipinski definition) is 1. The monoisotopic (exact) mass is 647 g/mol. The van der Waals surface area contributed by atoms with E-state index < -0.39 is 60.1 Å². The number of rotatable bonds is 8. The summed E-state index contributed by atoms with van der Waals surface area (Å²) < 4.78 is 30.7. The maximum atomic E-state index is 13.6. The molecule has 1 aromatic rings. The van der Waals surface area contributed by atoms with Crippen LogP contribution in [0.25, 0.3) is 0 Å². The van der Waals surface area contributed by atoms with E-state index in [4.69, 9.17) is 23.7 Å². The number of esters is 3. The lowest BCUT2D eigenvalue weighted by atomic mass is 9.57. The fourth-order valence-corrected chi connectivity index (χ4v) is 8.41. The zero-order valence-corrected chi connectivity index (χ0v) is 27.6. The van der Waals surface area contributed by atoms with Crippen LogP contribution in [0.1, 0.15) is 52.5 Å². The molecular weight excluding hydrogens is 602 g/mol. The lowest BCUT2D eigenvalue weighted by molar-refractivity contribution is -0.179. The summed E-state index contributed by atoms with van der Waals surface area (Å²) in [6.45, 7) is 7.54. The number of aryl methyl sites for hydroxylation is 1. The highest BCUT2D eigenvalue weighted by Crippen LogP contribution is 2.61. The summed E-state index contributed by atoms with van der Waals surface area (Å²) in [6.07, 6.45) is 12.0. The average Bonchev–Trinajstić information content (AvgIpc) is 3.66. The SMILES string of the molecule is CO[C@H]1C[C@H]2C=C[C@H]3[C@H]4O[C@]2(/C(C)=C/[C@@H](C)[C@@H]([C@@H](C)OC(=O)CCc2ccncc2)OC1=O)[C@@H]3[C@H](O)[C@@H](C)[C@H]4OC(=O)C1=CC=CC1. The van der Waals surface area contributed by atoms with Gasteiger partial charge in [0.05, 0.1) is 6.10 Å². The number of ether oxygens (including phenoxy) is 5. The zero-order valence-electron chi connectivity index (χ0n) is 27.6. The molecule has 12 atom stereocenters. The molecule has 0 aromatic carbocycles. The van der Waals surface area contributed by atoms with Crippen molar-refractivity contribution in [2.24, 2.45) is 29.6 Å². The summed E-state index contributed by atoms with van der Waals surface area (Å²) in [5, 5.41) is 11.9. The molecule has 0 amide bonds. The van der Waals surface area contributed by atoms with Gasteiger partial charge in [-0.05, 0) is 56.4 Å². The van der Waals surface area contributed by atoms with Gasteiger partial charge in [0.15, 0.2) is 6.10 Å². The average molecular weight is 648 g/mol. The number of carbonyl (C=O) groups is 3. The number of allylic oxidation sites excluding steroid dienone is 3. The Kier molecular flexibility index (Phi) is 9.56. The number of hydrogen-bond acceptors (Lipinski definition) is 10. The molecule has 2 fully saturated rings. The largest absolute Gasteiger partial charge is 0.459 e. The highest BCUT2D eigenvalue weighted by Gasteiger charge is 2.69. The van der Waals surface area contributed by atoms with Crippen LogP contribution in [0.2, 0.25) is 0 Å². The van der Waals surface area contributed by atoms with Gasteiger partial charge in [0, 0.05) is 61.1 Å². The molecule has 1 saturated carbocycles. The Bertz CT molecular complexity index is 1480. The Morgan fingerprint density at radius 3 is 2.66 bits per heavy atom. The molecule has 4 bridgehead atoms. The first-order chi connectivity index (χ1) is 22.5. The molecule has 3 heterocycles. The second kappa shape index (κ2) is 13.5. The van der Waals surface area contributed by atoms with Crippen molar-refractivity contribution < 1.29 is 43.2 Å². The van der Waals surface area contributed by atoms with Crippen molar-refractivity contribution in [3.8, 4) is 0 Å². The maximum absolute atomic E-state index is 13.6. The third-order valence-electron chi connectivity index (χ3n) is 10.8. The van der Waals surface area contributed by atoms with Crippen LogP contribution >= 0.6 is 0 Å². The highest BCUT2D eigenvalue weighted by molar-refractivity contribution is 5.90. The number of carbonyl (C=O) groups excluding carboxylic acids is 3. The topological polar surface area (TPSA) is 130 Å². The molecule has 3 aliphatic carbocycles. The predicted molar refractivity (Wildman–Crippen MR) is 170 cm³/mol. The van der Waals surface area contributed by atoms with E-state index in [1.165, 1.54) is 7.11 Å². The van der Waals surface area contributed by atoms with E-state index in [1.54, 1.807) is 25.4 Å². The van der Waals surface area contributed by atoms with Crippen molar-refractivity contribution in [2.45, 2.75) is 95.6 Å². The van der Waals surface area contributed by atoms with Crippen molar-refractivity contribution in [3.05, 3.63) is 77.7 Å². The molecule has 1 N–H and O–H groups in total. The predicted octanol–water partition coefficient (Wildman–Crippen LogP) is 4.22. The van der Waals surface area contributed by atoms with E-state index in [0.29, 0.717) is 18.4 Å². The summed E-state index contributed by atoms with van der Waals surface area (Å²) in [5.41, 5.74) is 1.45. The molecule has 1 spiro atoms. The van der Waals surface area contributed by atoms with Gasteiger partial charge in [0.1, 0.15) is 30.0 Å². The molecule has 10 nitrogen and oxygen atoms in total. The number of cyclic esters (lactones) is 1. The summed E-state index contributed by atoms with van der Waals surface area (Å²) in [6, 6.07) is 3.71. The van der Waals surface area contributed by atoms with Crippen molar-refractivity contribution >= 4 is 17.9 Å². The summed E-state index contributed by atoms with van der Waals surface area (Å²) in [5.74, 6) is -2.97. The van der Waals surface area contributed by atoms with Gasteiger partial charge >= 0.3 is 17.9 Å². The Morgan fingerprint density at radius 2 is 1.96 bits per heavy atom. The van der Waals surface area contributed by atoms with Gasteiger partial charge in [-0.3, -0.25) is 9.78 Å². The first kappa shape index (κ1) is 33.3. The van der Waals surface area contributed by atoms with Gasteiger partial charge in [0.2, 0.25) is 0 Å². The highest BCUT2D eigenvalue weighted by atomic mass is 16.6. The van der Waals surface area contributed by atoms with Crippen LogP contribution < -0.4 is 0 Å². The lowest BCUT2D eigenvalue weighted by Crippen LogP contribution is -2.57. The standard InChI is InChI=1S/C37H45NO9/c1-20-18-21(2)37-26(11-12-27-30(37)31(40)22(3)33(34(27)47-37)46-35(41)25-8-6-7-9-25)19-28(43-5)36(42)45-32(20)23(4)44-29(39)13-10-24-14-16-38-17-15-24/h6-8,11-12,14-18,20,22-23,26-28,30-34,40H,9-10,13,19H2,1-5H3/b21-18+/t20-,22-,23-,26-,27-,28+,30+,31-,32+,33-,34-,37+/m1/s1. The van der Waals surface area contributed by atoms with E-state index in [1.807, 2.05) is 57.2 Å². The molecule has 1 aromatic heterocycles. The molecule has 252 valence electrons. The van der Waals surface area contributed by atoms with Gasteiger partial charge in [-0.25, -0.2) is 9.59 Å². The molecule has 0 radical (unpaired) electrons. The lowest BCUT2D eigenvalue weighted by Gasteiger charge is -2.49. The van der Waals surface area contributed by atoms with Crippen LogP contribution in [0.4, 0.5) is 0 Å². The Labute approximate surface area is 275 Å². The zero-order chi connectivity index (χ0) is 33.5. The van der Waals surface area contributed by atoms with E-state index >= 15 is 0 Å².